The summed E-state index contributed by atoms with van der Waals surface area (Å²) >= 11 is 1.90. The van der Waals surface area contributed by atoms with Gasteiger partial charge >= 0.3 is 0 Å². The molecule has 0 aliphatic carbocycles. The van der Waals surface area contributed by atoms with Crippen LogP contribution in [0, 0.1) is 0 Å². The fourth-order valence-corrected chi connectivity index (χ4v) is 11.6. The second-order valence-electron chi connectivity index (χ2n) is 15.7. The van der Waals surface area contributed by atoms with Crippen molar-refractivity contribution in [2.45, 2.75) is 15.2 Å². The van der Waals surface area contributed by atoms with Crippen molar-refractivity contribution in [3.05, 3.63) is 235 Å². The molecule has 11 aromatic rings. The number of hydrogen-bond acceptors (Lipinski definition) is 2. The molecule has 9 aromatic carbocycles. The van der Waals surface area contributed by atoms with Gasteiger partial charge in [0.2, 0.25) is 0 Å². The number of benzene rings is 9. The third kappa shape index (κ3) is 4.44. The highest BCUT2D eigenvalue weighted by Gasteiger charge is 2.50. The molecule has 0 N–H and O–H groups in total. The monoisotopic (exact) mass is 769 g/mol. The highest BCUT2D eigenvalue weighted by Crippen LogP contribution is 2.63. The van der Waals surface area contributed by atoms with Crippen molar-refractivity contribution in [1.29, 1.82) is 0 Å². The van der Waals surface area contributed by atoms with Gasteiger partial charge in [0, 0.05) is 48.4 Å². The van der Waals surface area contributed by atoms with Gasteiger partial charge in [-0.2, -0.15) is 0 Å². The summed E-state index contributed by atoms with van der Waals surface area (Å²) in [7, 11) is 0. The van der Waals surface area contributed by atoms with Crippen LogP contribution in [0.1, 0.15) is 22.3 Å². The number of para-hydroxylation sites is 6. The number of aromatic nitrogens is 2. The highest BCUT2D eigenvalue weighted by molar-refractivity contribution is 7.99. The van der Waals surface area contributed by atoms with Crippen molar-refractivity contribution >= 4 is 72.4 Å². The first-order valence-corrected chi connectivity index (χ1v) is 21.1. The highest BCUT2D eigenvalue weighted by atomic mass is 32.2. The van der Waals surface area contributed by atoms with E-state index in [1.54, 1.807) is 0 Å². The van der Waals surface area contributed by atoms with E-state index in [0.29, 0.717) is 0 Å². The standard InChI is InChI=1S/C55H35N3S/c1-3-17-36(18-4-1)56-47-26-12-7-21-39(47)41-33-38(31-32-49(41)56)58-48-27-13-8-22-40(48)42-34-46-54(35-52(42)58)59-53-30-16-11-25-45(53)55(46)43-23-9-14-28-50(43)57(37-19-5-2-6-20-37)51-29-15-10-24-44(51)55/h1-35H. The van der Waals surface area contributed by atoms with E-state index in [1.165, 1.54) is 92.7 Å². The molecule has 2 aliphatic rings. The lowest BCUT2D eigenvalue weighted by molar-refractivity contribution is 0.693. The van der Waals surface area contributed by atoms with E-state index in [4.69, 9.17) is 0 Å². The summed E-state index contributed by atoms with van der Waals surface area (Å²) in [6, 6.07) is 78.6. The van der Waals surface area contributed by atoms with Gasteiger partial charge in [-0.15, -0.1) is 0 Å². The Morgan fingerprint density at radius 1 is 0.305 bits per heavy atom. The second kappa shape index (κ2) is 12.4. The van der Waals surface area contributed by atoms with Gasteiger partial charge in [0.25, 0.3) is 0 Å². The van der Waals surface area contributed by atoms with E-state index in [0.717, 1.165) is 11.4 Å². The topological polar surface area (TPSA) is 13.1 Å². The van der Waals surface area contributed by atoms with Gasteiger partial charge in [-0.3, -0.25) is 0 Å². The quantitative estimate of drug-likeness (QED) is 0.178. The predicted molar refractivity (Wildman–Crippen MR) is 246 cm³/mol. The first-order chi connectivity index (χ1) is 29.3. The number of anilines is 3. The summed E-state index contributed by atoms with van der Waals surface area (Å²) in [5.74, 6) is 0. The fraction of sp³-hybridized carbons (Fsp3) is 0.0182. The molecule has 0 radical (unpaired) electrons. The van der Waals surface area contributed by atoms with Crippen LogP contribution in [0.3, 0.4) is 0 Å². The Morgan fingerprint density at radius 3 is 1.49 bits per heavy atom. The Balaban J connectivity index is 1.11. The van der Waals surface area contributed by atoms with Crippen LogP contribution in [0.25, 0.3) is 55.0 Å². The van der Waals surface area contributed by atoms with E-state index in [-0.39, 0.29) is 0 Å². The molecule has 2 aromatic heterocycles. The SMILES string of the molecule is c1ccc(N2c3ccccc3C3(c4ccccc4Sc4cc5c(cc43)c3ccccc3n5-c3ccc4c(c3)c3ccccc3n4-c3ccccc3)c3ccccc32)cc1. The Bertz CT molecular complexity index is 3440. The maximum atomic E-state index is 2.54. The molecular weight excluding hydrogens is 735 g/mol. The molecule has 1 spiro atoms. The Hall–Kier alpha value is -7.27. The zero-order chi connectivity index (χ0) is 38.7. The lowest BCUT2D eigenvalue weighted by atomic mass is 9.62. The summed E-state index contributed by atoms with van der Waals surface area (Å²) in [6.07, 6.45) is 0. The number of fused-ring (bicyclic) bond motifs is 14. The normalized spacial score (nSPS) is 13.8. The van der Waals surface area contributed by atoms with Crippen LogP contribution in [-0.4, -0.2) is 9.13 Å². The molecule has 4 heteroatoms. The Morgan fingerprint density at radius 2 is 0.814 bits per heavy atom. The van der Waals surface area contributed by atoms with Crippen LogP contribution in [0.5, 0.6) is 0 Å². The van der Waals surface area contributed by atoms with Crippen molar-refractivity contribution in [3.63, 3.8) is 0 Å². The zero-order valence-electron chi connectivity index (χ0n) is 32.0. The maximum absolute atomic E-state index is 2.54. The van der Waals surface area contributed by atoms with Crippen molar-refractivity contribution in [2.24, 2.45) is 0 Å². The minimum Gasteiger partial charge on any atom is -0.310 e. The number of hydrogen-bond donors (Lipinski definition) is 0. The molecule has 4 heterocycles. The Kier molecular flexibility index (Phi) is 6.87. The van der Waals surface area contributed by atoms with Crippen LogP contribution >= 0.6 is 11.8 Å². The molecule has 0 fully saturated rings. The minimum atomic E-state index is -0.550. The number of nitrogens with zero attached hydrogens (tertiary/aromatic N) is 3. The largest absolute Gasteiger partial charge is 0.310 e. The zero-order valence-corrected chi connectivity index (χ0v) is 32.8. The third-order valence-electron chi connectivity index (χ3n) is 12.7. The smallest absolute Gasteiger partial charge is 0.0764 e. The van der Waals surface area contributed by atoms with Crippen molar-refractivity contribution in [3.8, 4) is 11.4 Å². The van der Waals surface area contributed by atoms with Gasteiger partial charge in [0.1, 0.15) is 0 Å². The molecule has 0 saturated carbocycles. The number of rotatable bonds is 3. The van der Waals surface area contributed by atoms with E-state index in [9.17, 15) is 0 Å². The van der Waals surface area contributed by atoms with Crippen LogP contribution in [0.2, 0.25) is 0 Å². The summed E-state index contributed by atoms with van der Waals surface area (Å²) < 4.78 is 4.88. The molecule has 3 nitrogen and oxygen atoms in total. The molecule has 0 unspecified atom stereocenters. The van der Waals surface area contributed by atoms with E-state index < -0.39 is 5.41 Å². The van der Waals surface area contributed by atoms with Crippen LogP contribution in [0.15, 0.2) is 222 Å². The van der Waals surface area contributed by atoms with Gasteiger partial charge in [-0.1, -0.05) is 139 Å². The minimum absolute atomic E-state index is 0.550. The van der Waals surface area contributed by atoms with Crippen molar-refractivity contribution in [2.75, 3.05) is 4.90 Å². The van der Waals surface area contributed by atoms with Gasteiger partial charge in [-0.05, 0) is 107 Å². The van der Waals surface area contributed by atoms with Crippen molar-refractivity contribution < 1.29 is 0 Å². The first-order valence-electron chi connectivity index (χ1n) is 20.3. The van der Waals surface area contributed by atoms with Crippen molar-refractivity contribution in [1.82, 2.24) is 9.13 Å². The molecule has 276 valence electrons. The molecule has 59 heavy (non-hydrogen) atoms. The average molecular weight is 770 g/mol. The van der Waals surface area contributed by atoms with Gasteiger partial charge in [0.15, 0.2) is 0 Å². The summed E-state index contributed by atoms with van der Waals surface area (Å²) in [5.41, 5.74) is 15.4. The molecule has 0 amide bonds. The Labute approximate surface area is 346 Å². The third-order valence-corrected chi connectivity index (χ3v) is 13.9. The molecule has 13 rings (SSSR count). The summed E-state index contributed by atoms with van der Waals surface area (Å²) in [4.78, 5) is 5.02. The molecule has 2 aliphatic heterocycles. The summed E-state index contributed by atoms with van der Waals surface area (Å²) in [6.45, 7) is 0. The van der Waals surface area contributed by atoms with E-state index in [2.05, 4.69) is 226 Å². The molecular formula is C55H35N3S. The lowest BCUT2D eigenvalue weighted by Crippen LogP contribution is -2.39. The first kappa shape index (κ1) is 32.8. The molecule has 0 bridgehead atoms. The average Bonchev–Trinajstić information content (AvgIpc) is 3.81. The van der Waals surface area contributed by atoms with E-state index >= 15 is 0 Å². The van der Waals surface area contributed by atoms with Crippen LogP contribution in [0.4, 0.5) is 17.1 Å². The van der Waals surface area contributed by atoms with Crippen LogP contribution in [-0.2, 0) is 5.41 Å². The molecule has 0 atom stereocenters. The van der Waals surface area contributed by atoms with Gasteiger partial charge in [0.05, 0.1) is 38.9 Å². The lowest BCUT2D eigenvalue weighted by Gasteiger charge is -2.49. The predicted octanol–water partition coefficient (Wildman–Crippen LogP) is 14.5. The molecule has 0 saturated heterocycles. The second-order valence-corrected chi connectivity index (χ2v) is 16.7. The van der Waals surface area contributed by atoms with Gasteiger partial charge in [-0.25, -0.2) is 0 Å². The maximum Gasteiger partial charge on any atom is 0.0764 e. The van der Waals surface area contributed by atoms with Gasteiger partial charge < -0.3 is 14.0 Å². The fourth-order valence-electron chi connectivity index (χ4n) is 10.4. The van der Waals surface area contributed by atoms with Crippen LogP contribution < -0.4 is 4.90 Å². The van der Waals surface area contributed by atoms with E-state index in [1.807, 2.05) is 11.8 Å². The summed E-state index contributed by atoms with van der Waals surface area (Å²) in [5, 5.41) is 5.00.